The molecule has 1 N–H and O–H groups in total. The van der Waals surface area contributed by atoms with Crippen molar-refractivity contribution < 1.29 is 33.4 Å². The lowest BCUT2D eigenvalue weighted by Crippen LogP contribution is -2.41. The summed E-state index contributed by atoms with van der Waals surface area (Å²) < 4.78 is 15.2. The van der Waals surface area contributed by atoms with Gasteiger partial charge in [-0.15, -0.1) is 11.8 Å². The van der Waals surface area contributed by atoms with Crippen LogP contribution < -0.4 is 10.1 Å². The molecule has 1 atom stereocenters. The maximum Gasteiger partial charge on any atom is 0.344 e. The van der Waals surface area contributed by atoms with E-state index in [1.807, 2.05) is 0 Å². The molecule has 1 unspecified atom stereocenters. The van der Waals surface area contributed by atoms with Crippen LogP contribution >= 0.6 is 11.8 Å². The Morgan fingerprint density at radius 2 is 1.83 bits per heavy atom. The van der Waals surface area contributed by atoms with E-state index in [9.17, 15) is 19.2 Å². The third-order valence-electron chi connectivity index (χ3n) is 3.85. The molecule has 0 radical (unpaired) electrons. The molecular formula is C19H24N2O7S. The van der Waals surface area contributed by atoms with E-state index in [2.05, 4.69) is 5.32 Å². The summed E-state index contributed by atoms with van der Waals surface area (Å²) in [6.45, 7) is 3.14. The molecule has 0 saturated carbocycles. The number of nitrogens with zero attached hydrogens (tertiary/aromatic N) is 1. The first kappa shape index (κ1) is 22.5. The molecule has 29 heavy (non-hydrogen) atoms. The zero-order valence-corrected chi connectivity index (χ0v) is 17.2. The van der Waals surface area contributed by atoms with Crippen molar-refractivity contribution in [1.82, 2.24) is 10.2 Å². The van der Waals surface area contributed by atoms with E-state index in [1.54, 1.807) is 38.1 Å². The van der Waals surface area contributed by atoms with Gasteiger partial charge in [0, 0.05) is 5.56 Å². The standard InChI is InChI=1S/C19H24N2O7S/c1-3-26-17(24)9-20-15(22)10-21-16(23)12-29-19(21)13-7-5-6-8-14(13)28-11-18(25)27-4-2/h5-8,19H,3-4,9-12H2,1-2H3,(H,20,22). The normalized spacial score (nSPS) is 15.7. The minimum absolute atomic E-state index is 0.202. The van der Waals surface area contributed by atoms with Gasteiger partial charge in [-0.3, -0.25) is 14.4 Å². The van der Waals surface area contributed by atoms with Gasteiger partial charge in [-0.25, -0.2) is 4.79 Å². The molecular weight excluding hydrogens is 400 g/mol. The second-order valence-corrected chi connectivity index (χ2v) is 6.97. The highest BCUT2D eigenvalue weighted by molar-refractivity contribution is 8.00. The number of ether oxygens (including phenoxy) is 3. The van der Waals surface area contributed by atoms with E-state index in [0.717, 1.165) is 0 Å². The van der Waals surface area contributed by atoms with E-state index in [-0.39, 0.29) is 44.6 Å². The molecule has 9 nitrogen and oxygen atoms in total. The lowest BCUT2D eigenvalue weighted by molar-refractivity contribution is -0.145. The van der Waals surface area contributed by atoms with Gasteiger partial charge in [0.2, 0.25) is 11.8 Å². The van der Waals surface area contributed by atoms with Crippen molar-refractivity contribution in [2.75, 3.05) is 38.7 Å². The molecule has 0 spiro atoms. The van der Waals surface area contributed by atoms with Gasteiger partial charge in [-0.1, -0.05) is 18.2 Å². The smallest absolute Gasteiger partial charge is 0.344 e. The Morgan fingerprint density at radius 3 is 2.55 bits per heavy atom. The van der Waals surface area contributed by atoms with E-state index in [1.165, 1.54) is 16.7 Å². The molecule has 10 heteroatoms. The van der Waals surface area contributed by atoms with E-state index >= 15 is 0 Å². The van der Waals surface area contributed by atoms with Crippen LogP contribution in [0.25, 0.3) is 0 Å². The molecule has 158 valence electrons. The molecule has 1 saturated heterocycles. The first-order chi connectivity index (χ1) is 14.0. The van der Waals surface area contributed by atoms with Gasteiger partial charge in [0.25, 0.3) is 0 Å². The third kappa shape index (κ3) is 6.67. The molecule has 1 fully saturated rings. The summed E-state index contributed by atoms with van der Waals surface area (Å²) in [5, 5.41) is 2.00. The van der Waals surface area contributed by atoms with Crippen molar-refractivity contribution in [3.8, 4) is 5.75 Å². The average molecular weight is 424 g/mol. The van der Waals surface area contributed by atoms with Gasteiger partial charge in [0.15, 0.2) is 6.61 Å². The molecule has 0 bridgehead atoms. The number of nitrogens with one attached hydrogen (secondary N) is 1. The number of benzene rings is 1. The lowest BCUT2D eigenvalue weighted by Gasteiger charge is -2.25. The first-order valence-corrected chi connectivity index (χ1v) is 10.2. The zero-order chi connectivity index (χ0) is 21.2. The zero-order valence-electron chi connectivity index (χ0n) is 16.3. The van der Waals surface area contributed by atoms with Crippen LogP contribution in [-0.4, -0.2) is 67.3 Å². The predicted octanol–water partition coefficient (Wildman–Crippen LogP) is 0.882. The van der Waals surface area contributed by atoms with Crippen LogP contribution in [0.2, 0.25) is 0 Å². The van der Waals surface area contributed by atoms with Gasteiger partial charge in [-0.2, -0.15) is 0 Å². The first-order valence-electron chi connectivity index (χ1n) is 9.17. The minimum Gasteiger partial charge on any atom is -0.482 e. The van der Waals surface area contributed by atoms with Crippen molar-refractivity contribution in [3.05, 3.63) is 29.8 Å². The van der Waals surface area contributed by atoms with Crippen LogP contribution in [-0.2, 0) is 28.7 Å². The number of thioether (sulfide) groups is 1. The van der Waals surface area contributed by atoms with Crippen LogP contribution in [0.4, 0.5) is 0 Å². The highest BCUT2D eigenvalue weighted by atomic mass is 32.2. The predicted molar refractivity (Wildman–Crippen MR) is 105 cm³/mol. The summed E-state index contributed by atoms with van der Waals surface area (Å²) in [6.07, 6.45) is 0. The number of hydrogen-bond donors (Lipinski definition) is 1. The lowest BCUT2D eigenvalue weighted by atomic mass is 10.2. The quantitative estimate of drug-likeness (QED) is 0.551. The fourth-order valence-electron chi connectivity index (χ4n) is 2.63. The highest BCUT2D eigenvalue weighted by Crippen LogP contribution is 2.42. The summed E-state index contributed by atoms with van der Waals surface area (Å²) in [6, 6.07) is 7.01. The number of rotatable bonds is 10. The van der Waals surface area contributed by atoms with Gasteiger partial charge < -0.3 is 24.4 Å². The second-order valence-electron chi connectivity index (χ2n) is 5.90. The van der Waals surface area contributed by atoms with Gasteiger partial charge >= 0.3 is 11.9 Å². The molecule has 1 heterocycles. The van der Waals surface area contributed by atoms with Crippen LogP contribution in [0.1, 0.15) is 24.8 Å². The molecule has 2 amide bonds. The summed E-state index contributed by atoms with van der Waals surface area (Å²) in [5.74, 6) is -1.06. The summed E-state index contributed by atoms with van der Waals surface area (Å²) >= 11 is 1.35. The molecule has 1 aromatic rings. The molecule has 0 aromatic heterocycles. The van der Waals surface area contributed by atoms with Crippen molar-refractivity contribution >= 4 is 35.5 Å². The van der Waals surface area contributed by atoms with Crippen LogP contribution in [0, 0.1) is 0 Å². The number of esters is 2. The number of amides is 2. The van der Waals surface area contributed by atoms with Gasteiger partial charge in [0.1, 0.15) is 24.2 Å². The van der Waals surface area contributed by atoms with E-state index < -0.39 is 23.2 Å². The average Bonchev–Trinajstić information content (AvgIpc) is 3.05. The van der Waals surface area contributed by atoms with E-state index in [4.69, 9.17) is 14.2 Å². The third-order valence-corrected chi connectivity index (χ3v) is 5.09. The Morgan fingerprint density at radius 1 is 1.14 bits per heavy atom. The highest BCUT2D eigenvalue weighted by Gasteiger charge is 2.35. The Hall–Kier alpha value is -2.75. The maximum absolute atomic E-state index is 12.3. The van der Waals surface area contributed by atoms with Crippen LogP contribution in [0.15, 0.2) is 24.3 Å². The fraction of sp³-hybridized carbons (Fsp3) is 0.474. The van der Waals surface area contributed by atoms with E-state index in [0.29, 0.717) is 11.3 Å². The Kier molecular flexibility index (Phi) is 8.78. The van der Waals surface area contributed by atoms with Crippen LogP contribution in [0.5, 0.6) is 5.75 Å². The molecule has 1 aliphatic heterocycles. The number of carbonyl (C=O) groups excluding carboxylic acids is 4. The molecule has 1 aromatic carbocycles. The van der Waals surface area contributed by atoms with Crippen LogP contribution in [0.3, 0.4) is 0 Å². The number of carbonyl (C=O) groups is 4. The van der Waals surface area contributed by atoms with Gasteiger partial charge in [0.05, 0.1) is 19.0 Å². The second kappa shape index (κ2) is 11.3. The number of para-hydroxylation sites is 1. The topological polar surface area (TPSA) is 111 Å². The van der Waals surface area contributed by atoms with Crippen molar-refractivity contribution in [3.63, 3.8) is 0 Å². The SMILES string of the molecule is CCOC(=O)CNC(=O)CN1C(=O)CSC1c1ccccc1OCC(=O)OCC. The Labute approximate surface area is 173 Å². The fourth-order valence-corrected chi connectivity index (χ4v) is 3.84. The molecule has 1 aliphatic rings. The summed E-state index contributed by atoms with van der Waals surface area (Å²) in [7, 11) is 0. The minimum atomic E-state index is -0.544. The largest absolute Gasteiger partial charge is 0.482 e. The summed E-state index contributed by atoms with van der Waals surface area (Å²) in [4.78, 5) is 48.9. The van der Waals surface area contributed by atoms with Gasteiger partial charge in [-0.05, 0) is 19.9 Å². The summed E-state index contributed by atoms with van der Waals surface area (Å²) in [5.41, 5.74) is 0.672. The Balaban J connectivity index is 2.05. The van der Waals surface area contributed by atoms with Crippen molar-refractivity contribution in [2.24, 2.45) is 0 Å². The number of hydrogen-bond acceptors (Lipinski definition) is 8. The Bertz CT molecular complexity index is 756. The van der Waals surface area contributed by atoms with Crippen molar-refractivity contribution in [1.29, 1.82) is 0 Å². The monoisotopic (exact) mass is 424 g/mol. The van der Waals surface area contributed by atoms with Crippen molar-refractivity contribution in [2.45, 2.75) is 19.2 Å². The molecule has 0 aliphatic carbocycles. The maximum atomic E-state index is 12.3. The molecule has 2 rings (SSSR count).